The highest BCUT2D eigenvalue weighted by atomic mass is 127. The van der Waals surface area contributed by atoms with Crippen LogP contribution in [-0.4, -0.2) is 12.5 Å². The number of hydrogen-bond donors (Lipinski definition) is 3. The highest BCUT2D eigenvalue weighted by Gasteiger charge is 2.11. The van der Waals surface area contributed by atoms with Gasteiger partial charge in [-0.15, -0.1) is 0 Å². The fourth-order valence-corrected chi connectivity index (χ4v) is 2.17. The Morgan fingerprint density at radius 2 is 1.90 bits per heavy atom. The SMILES string of the molecule is CCNC(=O)c1ccc(N)cc1Nc1ccc(I)cc1. The second kappa shape index (κ2) is 6.60. The molecule has 0 heterocycles. The van der Waals surface area contributed by atoms with E-state index in [1.165, 1.54) is 0 Å². The Balaban J connectivity index is 2.31. The van der Waals surface area contributed by atoms with Gasteiger partial charge in [0.2, 0.25) is 0 Å². The first-order valence-corrected chi connectivity index (χ1v) is 7.38. The average Bonchev–Trinajstić information content (AvgIpc) is 2.42. The molecule has 0 fully saturated rings. The third-order valence-corrected chi connectivity index (χ3v) is 3.47. The van der Waals surface area contributed by atoms with Crippen molar-refractivity contribution < 1.29 is 4.79 Å². The molecule has 0 spiro atoms. The number of halogens is 1. The summed E-state index contributed by atoms with van der Waals surface area (Å²) in [6.07, 6.45) is 0. The molecule has 0 radical (unpaired) electrons. The van der Waals surface area contributed by atoms with Crippen molar-refractivity contribution >= 4 is 45.6 Å². The molecular formula is C15H16IN3O. The zero-order chi connectivity index (χ0) is 14.5. The Hall–Kier alpha value is -1.76. The van der Waals surface area contributed by atoms with Gasteiger partial charge in [0.15, 0.2) is 0 Å². The molecule has 0 saturated heterocycles. The van der Waals surface area contributed by atoms with Crippen molar-refractivity contribution in [3.8, 4) is 0 Å². The molecule has 0 aromatic heterocycles. The zero-order valence-electron chi connectivity index (χ0n) is 11.1. The predicted molar refractivity (Wildman–Crippen MR) is 91.3 cm³/mol. The average molecular weight is 381 g/mol. The maximum absolute atomic E-state index is 12.0. The van der Waals surface area contributed by atoms with Crippen molar-refractivity contribution in [1.82, 2.24) is 5.32 Å². The summed E-state index contributed by atoms with van der Waals surface area (Å²) < 4.78 is 1.16. The predicted octanol–water partition coefficient (Wildman–Crippen LogP) is 3.37. The van der Waals surface area contributed by atoms with Gasteiger partial charge >= 0.3 is 0 Å². The normalized spacial score (nSPS) is 10.1. The van der Waals surface area contributed by atoms with Gasteiger partial charge in [-0.1, -0.05) is 0 Å². The lowest BCUT2D eigenvalue weighted by molar-refractivity contribution is 0.0956. The van der Waals surface area contributed by atoms with Crippen LogP contribution in [0.5, 0.6) is 0 Å². The summed E-state index contributed by atoms with van der Waals surface area (Å²) in [4.78, 5) is 12.0. The van der Waals surface area contributed by atoms with E-state index in [1.807, 2.05) is 31.2 Å². The first-order chi connectivity index (χ1) is 9.60. The van der Waals surface area contributed by atoms with Gasteiger partial charge in [-0.3, -0.25) is 4.79 Å². The standard InChI is InChI=1S/C15H16IN3O/c1-2-18-15(20)13-8-5-11(17)9-14(13)19-12-6-3-10(16)4-7-12/h3-9,19H,2,17H2,1H3,(H,18,20). The molecule has 0 aliphatic heterocycles. The van der Waals surface area contributed by atoms with Gasteiger partial charge < -0.3 is 16.4 Å². The topological polar surface area (TPSA) is 67.2 Å². The van der Waals surface area contributed by atoms with Gasteiger partial charge in [-0.05, 0) is 72.0 Å². The van der Waals surface area contributed by atoms with E-state index in [0.717, 1.165) is 9.26 Å². The summed E-state index contributed by atoms with van der Waals surface area (Å²) in [5.41, 5.74) is 8.63. The maximum atomic E-state index is 12.0. The van der Waals surface area contributed by atoms with Gasteiger partial charge in [0.05, 0.1) is 11.3 Å². The molecule has 0 unspecified atom stereocenters. The first kappa shape index (κ1) is 14.6. The number of anilines is 3. The fraction of sp³-hybridized carbons (Fsp3) is 0.133. The molecule has 2 aromatic rings. The first-order valence-electron chi connectivity index (χ1n) is 6.30. The van der Waals surface area contributed by atoms with E-state index in [2.05, 4.69) is 33.2 Å². The Morgan fingerprint density at radius 3 is 2.55 bits per heavy atom. The van der Waals surface area contributed by atoms with Crippen LogP contribution in [0.3, 0.4) is 0 Å². The van der Waals surface area contributed by atoms with Crippen molar-refractivity contribution in [2.24, 2.45) is 0 Å². The van der Waals surface area contributed by atoms with Gasteiger partial charge in [-0.2, -0.15) is 0 Å². The van der Waals surface area contributed by atoms with Crippen LogP contribution >= 0.6 is 22.6 Å². The molecule has 1 amide bonds. The van der Waals surface area contributed by atoms with Crippen LogP contribution in [0.15, 0.2) is 42.5 Å². The number of carbonyl (C=O) groups excluding carboxylic acids is 1. The van der Waals surface area contributed by atoms with E-state index in [9.17, 15) is 4.79 Å². The van der Waals surface area contributed by atoms with Crippen LogP contribution in [0.4, 0.5) is 17.1 Å². The molecule has 0 atom stereocenters. The molecule has 0 aliphatic carbocycles. The molecule has 20 heavy (non-hydrogen) atoms. The molecule has 0 saturated carbocycles. The highest BCUT2D eigenvalue weighted by Crippen LogP contribution is 2.24. The van der Waals surface area contributed by atoms with E-state index in [1.54, 1.807) is 18.2 Å². The molecule has 2 rings (SSSR count). The number of benzene rings is 2. The molecule has 4 N–H and O–H groups in total. The summed E-state index contributed by atoms with van der Waals surface area (Å²) in [5, 5.41) is 6.03. The van der Waals surface area contributed by atoms with E-state index in [4.69, 9.17) is 5.73 Å². The smallest absolute Gasteiger partial charge is 0.253 e. The van der Waals surface area contributed by atoms with Gasteiger partial charge in [-0.25, -0.2) is 0 Å². The van der Waals surface area contributed by atoms with Crippen molar-refractivity contribution in [3.63, 3.8) is 0 Å². The molecular weight excluding hydrogens is 365 g/mol. The van der Waals surface area contributed by atoms with Crippen LogP contribution in [0.2, 0.25) is 0 Å². The van der Waals surface area contributed by atoms with Crippen molar-refractivity contribution in [2.45, 2.75) is 6.92 Å². The summed E-state index contributed by atoms with van der Waals surface area (Å²) in [7, 11) is 0. The molecule has 104 valence electrons. The summed E-state index contributed by atoms with van der Waals surface area (Å²) >= 11 is 2.25. The number of nitrogen functional groups attached to an aromatic ring is 1. The van der Waals surface area contributed by atoms with Crippen LogP contribution < -0.4 is 16.4 Å². The van der Waals surface area contributed by atoms with Gasteiger partial charge in [0.1, 0.15) is 0 Å². The van der Waals surface area contributed by atoms with Crippen molar-refractivity contribution in [3.05, 3.63) is 51.6 Å². The number of carbonyl (C=O) groups is 1. The lowest BCUT2D eigenvalue weighted by atomic mass is 10.1. The number of rotatable bonds is 4. The number of nitrogens with one attached hydrogen (secondary N) is 2. The van der Waals surface area contributed by atoms with Gasteiger partial charge in [0.25, 0.3) is 5.91 Å². The monoisotopic (exact) mass is 381 g/mol. The Kier molecular flexibility index (Phi) is 4.84. The third-order valence-electron chi connectivity index (χ3n) is 2.75. The summed E-state index contributed by atoms with van der Waals surface area (Å²) in [5.74, 6) is -0.111. The Morgan fingerprint density at radius 1 is 1.20 bits per heavy atom. The second-order valence-electron chi connectivity index (χ2n) is 4.30. The zero-order valence-corrected chi connectivity index (χ0v) is 13.3. The maximum Gasteiger partial charge on any atom is 0.253 e. The van der Waals surface area contributed by atoms with E-state index in [0.29, 0.717) is 23.5 Å². The van der Waals surface area contributed by atoms with Crippen molar-refractivity contribution in [1.29, 1.82) is 0 Å². The second-order valence-corrected chi connectivity index (χ2v) is 5.54. The fourth-order valence-electron chi connectivity index (χ4n) is 1.81. The van der Waals surface area contributed by atoms with Crippen molar-refractivity contribution in [2.75, 3.05) is 17.6 Å². The summed E-state index contributed by atoms with van der Waals surface area (Å²) in [6, 6.07) is 13.2. The number of nitrogens with two attached hydrogens (primary N) is 1. The minimum Gasteiger partial charge on any atom is -0.399 e. The lowest BCUT2D eigenvalue weighted by Crippen LogP contribution is -2.23. The molecule has 4 nitrogen and oxygen atoms in total. The summed E-state index contributed by atoms with van der Waals surface area (Å²) in [6.45, 7) is 2.48. The van der Waals surface area contributed by atoms with Crippen LogP contribution in [0.1, 0.15) is 17.3 Å². The van der Waals surface area contributed by atoms with Crippen LogP contribution in [-0.2, 0) is 0 Å². The Labute approximate surface area is 131 Å². The molecule has 0 aliphatic rings. The van der Waals surface area contributed by atoms with E-state index in [-0.39, 0.29) is 5.91 Å². The van der Waals surface area contributed by atoms with Gasteiger partial charge in [0, 0.05) is 21.5 Å². The van der Waals surface area contributed by atoms with E-state index >= 15 is 0 Å². The van der Waals surface area contributed by atoms with Crippen LogP contribution in [0.25, 0.3) is 0 Å². The quantitative estimate of drug-likeness (QED) is 0.562. The van der Waals surface area contributed by atoms with Crippen LogP contribution in [0, 0.1) is 3.57 Å². The third kappa shape index (κ3) is 3.63. The number of hydrogen-bond acceptors (Lipinski definition) is 3. The largest absolute Gasteiger partial charge is 0.399 e. The molecule has 0 bridgehead atoms. The number of amides is 1. The Bertz CT molecular complexity index is 611. The highest BCUT2D eigenvalue weighted by molar-refractivity contribution is 14.1. The minimum atomic E-state index is -0.111. The molecule has 2 aromatic carbocycles. The lowest BCUT2D eigenvalue weighted by Gasteiger charge is -2.13. The minimum absolute atomic E-state index is 0.111. The molecule has 5 heteroatoms. The van der Waals surface area contributed by atoms with E-state index < -0.39 is 0 Å².